The minimum absolute atomic E-state index is 0.0501. The van der Waals surface area contributed by atoms with Gasteiger partial charge in [0.1, 0.15) is 5.75 Å². The highest BCUT2D eigenvalue weighted by Gasteiger charge is 2.18. The standard InChI is InChI=1S/C20H25NO2/c1-13-6-10-19(11-7-13)23-17(5)20(22)21-16(4)18-9-8-14(2)15(3)12-18/h6-12,16-17H,1-5H3,(H,21,22)/t16-,17-/m1/s1. The molecule has 0 aliphatic heterocycles. The van der Waals surface area contributed by atoms with Crippen LogP contribution in [0.2, 0.25) is 0 Å². The quantitative estimate of drug-likeness (QED) is 0.896. The SMILES string of the molecule is Cc1ccc(O[C@H](C)C(=O)N[C@H](C)c2ccc(C)c(C)c2)cc1. The zero-order valence-electron chi connectivity index (χ0n) is 14.5. The average molecular weight is 311 g/mol. The number of hydrogen-bond acceptors (Lipinski definition) is 2. The third-order valence-electron chi connectivity index (χ3n) is 4.09. The predicted octanol–water partition coefficient (Wildman–Crippen LogP) is 4.26. The summed E-state index contributed by atoms with van der Waals surface area (Å²) in [6.07, 6.45) is -0.535. The molecule has 1 N–H and O–H groups in total. The zero-order chi connectivity index (χ0) is 17.0. The molecule has 0 radical (unpaired) electrons. The van der Waals surface area contributed by atoms with E-state index in [0.717, 1.165) is 11.1 Å². The van der Waals surface area contributed by atoms with Crippen LogP contribution in [0.15, 0.2) is 42.5 Å². The Morgan fingerprint density at radius 1 is 0.957 bits per heavy atom. The van der Waals surface area contributed by atoms with Crippen LogP contribution in [-0.4, -0.2) is 12.0 Å². The van der Waals surface area contributed by atoms with Crippen LogP contribution >= 0.6 is 0 Å². The number of hydrogen-bond donors (Lipinski definition) is 1. The summed E-state index contributed by atoms with van der Waals surface area (Å²) in [7, 11) is 0. The normalized spacial score (nSPS) is 13.3. The minimum atomic E-state index is -0.535. The number of nitrogens with one attached hydrogen (secondary N) is 1. The largest absolute Gasteiger partial charge is 0.481 e. The summed E-state index contributed by atoms with van der Waals surface area (Å²) < 4.78 is 5.70. The highest BCUT2D eigenvalue weighted by molar-refractivity contribution is 5.81. The Bertz CT molecular complexity index is 677. The maximum absolute atomic E-state index is 12.3. The van der Waals surface area contributed by atoms with E-state index in [1.54, 1.807) is 6.92 Å². The molecular weight excluding hydrogens is 286 g/mol. The monoisotopic (exact) mass is 311 g/mol. The van der Waals surface area contributed by atoms with E-state index in [0.29, 0.717) is 5.75 Å². The van der Waals surface area contributed by atoms with E-state index < -0.39 is 6.10 Å². The molecule has 3 heteroatoms. The lowest BCUT2D eigenvalue weighted by Crippen LogP contribution is -2.37. The Kier molecular flexibility index (Phi) is 5.43. The van der Waals surface area contributed by atoms with Crippen molar-refractivity contribution in [3.63, 3.8) is 0 Å². The van der Waals surface area contributed by atoms with E-state index in [1.165, 1.54) is 11.1 Å². The van der Waals surface area contributed by atoms with Gasteiger partial charge in [0.15, 0.2) is 6.10 Å². The second-order valence-electron chi connectivity index (χ2n) is 6.15. The summed E-state index contributed by atoms with van der Waals surface area (Å²) in [6.45, 7) is 9.93. The molecule has 2 atom stereocenters. The van der Waals surface area contributed by atoms with Crippen molar-refractivity contribution in [1.29, 1.82) is 0 Å². The van der Waals surface area contributed by atoms with E-state index in [9.17, 15) is 4.79 Å². The first-order valence-corrected chi connectivity index (χ1v) is 7.97. The predicted molar refractivity (Wildman–Crippen MR) is 93.7 cm³/mol. The first kappa shape index (κ1) is 17.1. The lowest BCUT2D eigenvalue weighted by atomic mass is 10.0. The summed E-state index contributed by atoms with van der Waals surface area (Å²) in [4.78, 5) is 12.3. The summed E-state index contributed by atoms with van der Waals surface area (Å²) in [5.41, 5.74) is 4.75. The lowest BCUT2D eigenvalue weighted by molar-refractivity contribution is -0.127. The van der Waals surface area contributed by atoms with Gasteiger partial charge in [0.05, 0.1) is 6.04 Å². The number of aryl methyl sites for hydroxylation is 3. The van der Waals surface area contributed by atoms with Gasteiger partial charge < -0.3 is 10.1 Å². The highest BCUT2D eigenvalue weighted by Crippen LogP contribution is 2.18. The van der Waals surface area contributed by atoms with Gasteiger partial charge in [-0.25, -0.2) is 0 Å². The van der Waals surface area contributed by atoms with Crippen molar-refractivity contribution >= 4 is 5.91 Å². The Morgan fingerprint density at radius 2 is 1.61 bits per heavy atom. The van der Waals surface area contributed by atoms with Crippen LogP contribution in [0, 0.1) is 20.8 Å². The smallest absolute Gasteiger partial charge is 0.261 e. The first-order valence-electron chi connectivity index (χ1n) is 7.97. The zero-order valence-corrected chi connectivity index (χ0v) is 14.5. The third kappa shape index (κ3) is 4.59. The van der Waals surface area contributed by atoms with Crippen molar-refractivity contribution in [3.05, 3.63) is 64.7 Å². The van der Waals surface area contributed by atoms with Gasteiger partial charge in [0, 0.05) is 0 Å². The number of ether oxygens (including phenoxy) is 1. The fourth-order valence-corrected chi connectivity index (χ4v) is 2.32. The Hall–Kier alpha value is -2.29. The molecule has 1 amide bonds. The van der Waals surface area contributed by atoms with Crippen LogP contribution in [0.3, 0.4) is 0 Å². The Morgan fingerprint density at radius 3 is 2.22 bits per heavy atom. The fourth-order valence-electron chi connectivity index (χ4n) is 2.32. The number of carbonyl (C=O) groups is 1. The topological polar surface area (TPSA) is 38.3 Å². The number of carbonyl (C=O) groups excluding carboxylic acids is 1. The summed E-state index contributed by atoms with van der Waals surface area (Å²) in [5.74, 6) is 0.591. The van der Waals surface area contributed by atoms with Crippen LogP contribution in [0.25, 0.3) is 0 Å². The van der Waals surface area contributed by atoms with E-state index in [4.69, 9.17) is 4.74 Å². The molecule has 0 aliphatic carbocycles. The molecule has 0 fully saturated rings. The minimum Gasteiger partial charge on any atom is -0.481 e. The van der Waals surface area contributed by atoms with Crippen molar-refractivity contribution in [2.75, 3.05) is 0 Å². The van der Waals surface area contributed by atoms with Crippen LogP contribution in [0.4, 0.5) is 0 Å². The molecule has 122 valence electrons. The molecule has 2 rings (SSSR count). The van der Waals surface area contributed by atoms with Gasteiger partial charge in [-0.2, -0.15) is 0 Å². The van der Waals surface area contributed by atoms with Crippen molar-refractivity contribution in [2.24, 2.45) is 0 Å². The van der Waals surface area contributed by atoms with Gasteiger partial charge in [0.2, 0.25) is 0 Å². The van der Waals surface area contributed by atoms with Crippen LogP contribution in [0.5, 0.6) is 5.75 Å². The molecule has 0 saturated heterocycles. The molecule has 0 heterocycles. The van der Waals surface area contributed by atoms with Crippen LogP contribution in [0.1, 0.15) is 42.1 Å². The van der Waals surface area contributed by atoms with E-state index in [-0.39, 0.29) is 11.9 Å². The molecule has 2 aromatic rings. The first-order chi connectivity index (χ1) is 10.9. The average Bonchev–Trinajstić information content (AvgIpc) is 2.52. The molecule has 0 saturated carbocycles. The molecule has 0 unspecified atom stereocenters. The third-order valence-corrected chi connectivity index (χ3v) is 4.09. The highest BCUT2D eigenvalue weighted by atomic mass is 16.5. The van der Waals surface area contributed by atoms with Gasteiger partial charge in [-0.05, 0) is 63.4 Å². The van der Waals surface area contributed by atoms with Gasteiger partial charge >= 0.3 is 0 Å². The molecule has 0 aliphatic rings. The second-order valence-corrected chi connectivity index (χ2v) is 6.15. The maximum atomic E-state index is 12.3. The van der Waals surface area contributed by atoms with Crippen molar-refractivity contribution in [1.82, 2.24) is 5.32 Å². The number of amides is 1. The molecule has 0 bridgehead atoms. The molecule has 23 heavy (non-hydrogen) atoms. The van der Waals surface area contributed by atoms with Crippen LogP contribution in [-0.2, 0) is 4.79 Å². The molecular formula is C20H25NO2. The Labute approximate surface area is 138 Å². The number of rotatable bonds is 5. The van der Waals surface area contributed by atoms with Crippen molar-refractivity contribution in [2.45, 2.75) is 46.8 Å². The summed E-state index contributed by atoms with van der Waals surface area (Å²) >= 11 is 0. The van der Waals surface area contributed by atoms with E-state index in [1.807, 2.05) is 38.1 Å². The van der Waals surface area contributed by atoms with E-state index >= 15 is 0 Å². The van der Waals surface area contributed by atoms with Gasteiger partial charge in [-0.3, -0.25) is 4.79 Å². The molecule has 0 aromatic heterocycles. The van der Waals surface area contributed by atoms with Crippen LogP contribution < -0.4 is 10.1 Å². The molecule has 3 nitrogen and oxygen atoms in total. The lowest BCUT2D eigenvalue weighted by Gasteiger charge is -2.19. The van der Waals surface area contributed by atoms with Gasteiger partial charge in [-0.1, -0.05) is 35.9 Å². The second kappa shape index (κ2) is 7.32. The summed E-state index contributed by atoms with van der Waals surface area (Å²) in [5, 5.41) is 3.01. The van der Waals surface area contributed by atoms with Crippen molar-refractivity contribution < 1.29 is 9.53 Å². The molecule has 2 aromatic carbocycles. The van der Waals surface area contributed by atoms with E-state index in [2.05, 4.69) is 37.4 Å². The molecule has 0 spiro atoms. The number of benzene rings is 2. The fraction of sp³-hybridized carbons (Fsp3) is 0.350. The Balaban J connectivity index is 1.96. The van der Waals surface area contributed by atoms with Gasteiger partial charge in [-0.15, -0.1) is 0 Å². The van der Waals surface area contributed by atoms with Gasteiger partial charge in [0.25, 0.3) is 5.91 Å². The maximum Gasteiger partial charge on any atom is 0.261 e. The van der Waals surface area contributed by atoms with Crippen molar-refractivity contribution in [3.8, 4) is 5.75 Å². The summed E-state index contributed by atoms with van der Waals surface area (Å²) in [6, 6.07) is 13.9.